The first-order chi connectivity index (χ1) is 4.43. The van der Waals surface area contributed by atoms with Crippen LogP contribution in [-0.2, 0) is 9.57 Å². The molecule has 0 aliphatic carbocycles. The van der Waals surface area contributed by atoms with Crippen LogP contribution in [-0.4, -0.2) is 25.5 Å². The second kappa shape index (κ2) is 3.45. The highest BCUT2D eigenvalue weighted by Crippen LogP contribution is 2.07. The third kappa shape index (κ3) is 3.08. The zero-order valence-corrected chi connectivity index (χ0v) is 5.54. The predicted octanol–water partition coefficient (Wildman–Crippen LogP) is 0.798. The average molecular weight is 129 g/mol. The lowest BCUT2D eigenvalue weighted by atomic mass is 10.5. The fourth-order valence-corrected chi connectivity index (χ4v) is 0.418. The van der Waals surface area contributed by atoms with Gasteiger partial charge < -0.3 is 9.57 Å². The molecule has 0 spiro atoms. The number of hydrogen-bond donors (Lipinski definition) is 0. The van der Waals surface area contributed by atoms with Gasteiger partial charge in [0.1, 0.15) is 12.7 Å². The second-order valence-electron chi connectivity index (χ2n) is 1.95. The van der Waals surface area contributed by atoms with Gasteiger partial charge in [-0.25, -0.2) is 0 Å². The highest BCUT2D eigenvalue weighted by molar-refractivity contribution is 5.55. The molecule has 0 saturated carbocycles. The Morgan fingerprint density at radius 2 is 2.67 bits per heavy atom. The lowest BCUT2D eigenvalue weighted by molar-refractivity contribution is 0.126. The van der Waals surface area contributed by atoms with Gasteiger partial charge >= 0.3 is 0 Å². The van der Waals surface area contributed by atoms with Gasteiger partial charge in [0.2, 0.25) is 0 Å². The van der Waals surface area contributed by atoms with Crippen molar-refractivity contribution >= 4 is 6.21 Å². The van der Waals surface area contributed by atoms with Gasteiger partial charge in [-0.3, -0.25) is 0 Å². The normalized spacial score (nSPS) is 24.8. The Balaban J connectivity index is 1.85. The Morgan fingerprint density at radius 1 is 1.89 bits per heavy atom. The zero-order chi connectivity index (χ0) is 6.53. The number of rotatable bonds is 4. The molecule has 1 fully saturated rings. The van der Waals surface area contributed by atoms with E-state index in [2.05, 4.69) is 5.16 Å². The van der Waals surface area contributed by atoms with E-state index < -0.39 is 0 Å². The Hall–Kier alpha value is -0.570. The molecule has 1 saturated heterocycles. The van der Waals surface area contributed by atoms with Crippen LogP contribution in [0.2, 0.25) is 0 Å². The number of ether oxygens (including phenoxy) is 1. The quantitative estimate of drug-likeness (QED) is 0.319. The largest absolute Gasteiger partial charge is 0.393 e. The van der Waals surface area contributed by atoms with Gasteiger partial charge in [0.25, 0.3) is 0 Å². The van der Waals surface area contributed by atoms with Crippen molar-refractivity contribution in [3.05, 3.63) is 0 Å². The van der Waals surface area contributed by atoms with Crippen LogP contribution >= 0.6 is 0 Å². The van der Waals surface area contributed by atoms with Crippen molar-refractivity contribution in [1.29, 1.82) is 0 Å². The molecule has 1 aliphatic rings. The van der Waals surface area contributed by atoms with E-state index in [0.717, 1.165) is 13.0 Å². The molecule has 1 atom stereocenters. The molecular weight excluding hydrogens is 118 g/mol. The summed E-state index contributed by atoms with van der Waals surface area (Å²) in [4.78, 5) is 4.84. The van der Waals surface area contributed by atoms with Crippen molar-refractivity contribution in [1.82, 2.24) is 0 Å². The molecule has 52 valence electrons. The molecule has 0 radical (unpaired) electrons. The van der Waals surface area contributed by atoms with Crippen LogP contribution in [0, 0.1) is 0 Å². The van der Waals surface area contributed by atoms with Crippen LogP contribution in [0.15, 0.2) is 5.16 Å². The maximum Gasteiger partial charge on any atom is 0.145 e. The van der Waals surface area contributed by atoms with Gasteiger partial charge in [0.15, 0.2) is 0 Å². The minimum absolute atomic E-state index is 0.319. The van der Waals surface area contributed by atoms with Crippen molar-refractivity contribution in [2.24, 2.45) is 5.16 Å². The highest BCUT2D eigenvalue weighted by atomic mass is 16.7. The SMILES string of the molecule is CC/C=N/OCC1CO1. The summed E-state index contributed by atoms with van der Waals surface area (Å²) in [7, 11) is 0. The third-order valence-corrected chi connectivity index (χ3v) is 0.994. The summed E-state index contributed by atoms with van der Waals surface area (Å²) in [6.45, 7) is 3.46. The minimum atomic E-state index is 0.319. The zero-order valence-electron chi connectivity index (χ0n) is 5.54. The Kier molecular flexibility index (Phi) is 2.51. The summed E-state index contributed by atoms with van der Waals surface area (Å²) < 4.78 is 4.89. The average Bonchev–Trinajstić information content (AvgIpc) is 2.63. The molecule has 0 aromatic rings. The molecule has 0 bridgehead atoms. The minimum Gasteiger partial charge on any atom is -0.393 e. The van der Waals surface area contributed by atoms with E-state index >= 15 is 0 Å². The topological polar surface area (TPSA) is 34.1 Å². The summed E-state index contributed by atoms with van der Waals surface area (Å²) in [5.74, 6) is 0. The summed E-state index contributed by atoms with van der Waals surface area (Å²) >= 11 is 0. The van der Waals surface area contributed by atoms with Gasteiger partial charge in [-0.15, -0.1) is 0 Å². The molecule has 0 amide bonds. The van der Waals surface area contributed by atoms with Crippen LogP contribution in [0.3, 0.4) is 0 Å². The summed E-state index contributed by atoms with van der Waals surface area (Å²) in [6.07, 6.45) is 2.98. The van der Waals surface area contributed by atoms with E-state index in [1.54, 1.807) is 6.21 Å². The summed E-state index contributed by atoms with van der Waals surface area (Å²) in [5.41, 5.74) is 0. The van der Waals surface area contributed by atoms with Crippen LogP contribution in [0.1, 0.15) is 13.3 Å². The van der Waals surface area contributed by atoms with Crippen LogP contribution in [0.25, 0.3) is 0 Å². The Morgan fingerprint density at radius 3 is 3.22 bits per heavy atom. The van der Waals surface area contributed by atoms with Crippen LogP contribution in [0.5, 0.6) is 0 Å². The van der Waals surface area contributed by atoms with E-state index in [-0.39, 0.29) is 0 Å². The maximum absolute atomic E-state index is 4.89. The van der Waals surface area contributed by atoms with E-state index in [4.69, 9.17) is 9.57 Å². The first kappa shape index (κ1) is 6.55. The first-order valence-corrected chi connectivity index (χ1v) is 3.19. The molecule has 1 unspecified atom stereocenters. The standard InChI is InChI=1S/C6H11NO2/c1-2-3-7-9-5-6-4-8-6/h3,6H,2,4-5H2,1H3/b7-3+. The third-order valence-electron chi connectivity index (χ3n) is 0.994. The molecule has 9 heavy (non-hydrogen) atoms. The van der Waals surface area contributed by atoms with Gasteiger partial charge in [0.05, 0.1) is 6.61 Å². The lowest BCUT2D eigenvalue weighted by Gasteiger charge is -1.90. The van der Waals surface area contributed by atoms with Crippen molar-refractivity contribution < 1.29 is 9.57 Å². The number of hydrogen-bond acceptors (Lipinski definition) is 3. The Labute approximate surface area is 54.6 Å². The van der Waals surface area contributed by atoms with Crippen molar-refractivity contribution in [3.63, 3.8) is 0 Å². The second-order valence-corrected chi connectivity index (χ2v) is 1.95. The molecule has 1 rings (SSSR count). The summed E-state index contributed by atoms with van der Waals surface area (Å²) in [6, 6.07) is 0. The molecule has 0 N–H and O–H groups in total. The molecule has 3 nitrogen and oxygen atoms in total. The Bertz CT molecular complexity index is 99.2. The molecule has 0 aromatic carbocycles. The van der Waals surface area contributed by atoms with Crippen molar-refractivity contribution in [2.45, 2.75) is 19.4 Å². The number of epoxide rings is 1. The van der Waals surface area contributed by atoms with Gasteiger partial charge in [-0.05, 0) is 6.42 Å². The molecule has 3 heteroatoms. The van der Waals surface area contributed by atoms with Gasteiger partial charge in [-0.2, -0.15) is 0 Å². The predicted molar refractivity (Wildman–Crippen MR) is 34.5 cm³/mol. The van der Waals surface area contributed by atoms with Crippen LogP contribution in [0.4, 0.5) is 0 Å². The molecule has 1 aliphatic heterocycles. The van der Waals surface area contributed by atoms with Crippen molar-refractivity contribution in [2.75, 3.05) is 13.2 Å². The fourth-order valence-electron chi connectivity index (χ4n) is 0.418. The van der Waals surface area contributed by atoms with Crippen molar-refractivity contribution in [3.8, 4) is 0 Å². The maximum atomic E-state index is 4.89. The highest BCUT2D eigenvalue weighted by Gasteiger charge is 2.22. The number of nitrogens with zero attached hydrogens (tertiary/aromatic N) is 1. The monoisotopic (exact) mass is 129 g/mol. The van der Waals surface area contributed by atoms with Crippen LogP contribution < -0.4 is 0 Å². The van der Waals surface area contributed by atoms with E-state index in [1.165, 1.54) is 0 Å². The van der Waals surface area contributed by atoms with E-state index in [9.17, 15) is 0 Å². The smallest absolute Gasteiger partial charge is 0.145 e. The fraction of sp³-hybridized carbons (Fsp3) is 0.833. The number of oxime groups is 1. The van der Waals surface area contributed by atoms with Gasteiger partial charge in [-0.1, -0.05) is 12.1 Å². The molecule has 1 heterocycles. The lowest BCUT2D eigenvalue weighted by Crippen LogP contribution is -1.95. The molecule has 0 aromatic heterocycles. The van der Waals surface area contributed by atoms with E-state index in [0.29, 0.717) is 12.7 Å². The molecular formula is C6H11NO2. The first-order valence-electron chi connectivity index (χ1n) is 3.19. The van der Waals surface area contributed by atoms with Gasteiger partial charge in [0, 0.05) is 6.21 Å². The van der Waals surface area contributed by atoms with E-state index in [1.807, 2.05) is 6.92 Å². The summed E-state index contributed by atoms with van der Waals surface area (Å²) in [5, 5.41) is 3.66.